The van der Waals surface area contributed by atoms with E-state index in [9.17, 15) is 9.59 Å². The molecule has 1 amide bonds. The highest BCUT2D eigenvalue weighted by atomic mass is 32.1. The van der Waals surface area contributed by atoms with E-state index in [2.05, 4.69) is 19.9 Å². The Hall–Kier alpha value is -2.00. The van der Waals surface area contributed by atoms with E-state index in [4.69, 9.17) is 18.0 Å². The molecule has 2 aromatic heterocycles. The normalized spacial score (nSPS) is 19.9. The Morgan fingerprint density at radius 2 is 2.11 bits per heavy atom. The van der Waals surface area contributed by atoms with E-state index in [1.807, 2.05) is 0 Å². The van der Waals surface area contributed by atoms with Gasteiger partial charge in [0, 0.05) is 19.0 Å². The lowest BCUT2D eigenvalue weighted by Crippen LogP contribution is -2.31. The highest BCUT2D eigenvalue weighted by Gasteiger charge is 2.30. The van der Waals surface area contributed by atoms with Crippen LogP contribution in [0, 0.1) is 4.77 Å². The zero-order valence-electron chi connectivity index (χ0n) is 9.19. The number of H-pyrrole nitrogens is 3. The Balaban J connectivity index is 2.16. The quantitative estimate of drug-likeness (QED) is 0.512. The molecule has 94 valence electrons. The zero-order chi connectivity index (χ0) is 12.9. The lowest BCUT2D eigenvalue weighted by atomic mass is 10.3. The fourth-order valence-electron chi connectivity index (χ4n) is 1.99. The van der Waals surface area contributed by atoms with Gasteiger partial charge in [-0.05, 0) is 12.2 Å². The minimum Gasteiger partial charge on any atom is -0.326 e. The molecule has 1 unspecified atom stereocenters. The van der Waals surface area contributed by atoms with E-state index in [-0.39, 0.29) is 35.4 Å². The molecule has 5 N–H and O–H groups in total. The lowest BCUT2D eigenvalue weighted by molar-refractivity contribution is -0.117. The Bertz CT molecular complexity index is 743. The largest absolute Gasteiger partial charge is 0.326 e. The molecule has 0 radical (unpaired) electrons. The van der Waals surface area contributed by atoms with Crippen LogP contribution in [0.15, 0.2) is 4.79 Å². The van der Waals surface area contributed by atoms with Crippen molar-refractivity contribution in [2.45, 2.75) is 12.5 Å². The van der Waals surface area contributed by atoms with Crippen molar-refractivity contribution in [3.63, 3.8) is 0 Å². The summed E-state index contributed by atoms with van der Waals surface area (Å²) >= 11 is 4.89. The molecule has 8 nitrogen and oxygen atoms in total. The van der Waals surface area contributed by atoms with Gasteiger partial charge in [-0.2, -0.15) is 4.98 Å². The Morgan fingerprint density at radius 1 is 1.33 bits per heavy atom. The number of fused-ring (bicyclic) bond motifs is 1. The number of hydrogen-bond acceptors (Lipinski definition) is 5. The van der Waals surface area contributed by atoms with Gasteiger partial charge in [-0.25, -0.2) is 0 Å². The summed E-state index contributed by atoms with van der Waals surface area (Å²) in [6.07, 6.45) is 0.255. The second kappa shape index (κ2) is 3.75. The fourth-order valence-corrected chi connectivity index (χ4v) is 2.19. The van der Waals surface area contributed by atoms with Crippen molar-refractivity contribution in [1.29, 1.82) is 0 Å². The average Bonchev–Trinajstić information content (AvgIpc) is 2.81. The minimum atomic E-state index is -0.379. The molecule has 1 atom stereocenters. The molecule has 1 fully saturated rings. The first kappa shape index (κ1) is 11.1. The van der Waals surface area contributed by atoms with Crippen LogP contribution in [0.2, 0.25) is 0 Å². The van der Waals surface area contributed by atoms with Gasteiger partial charge in [0.05, 0.1) is 0 Å². The van der Waals surface area contributed by atoms with Crippen molar-refractivity contribution in [1.82, 2.24) is 19.9 Å². The number of hydrogen-bond donors (Lipinski definition) is 4. The third kappa shape index (κ3) is 1.64. The van der Waals surface area contributed by atoms with Crippen molar-refractivity contribution in [3.8, 4) is 0 Å². The van der Waals surface area contributed by atoms with Gasteiger partial charge in [0.25, 0.3) is 5.56 Å². The van der Waals surface area contributed by atoms with Crippen molar-refractivity contribution in [2.75, 3.05) is 11.4 Å². The van der Waals surface area contributed by atoms with Crippen LogP contribution in [0.3, 0.4) is 0 Å². The second-order valence-corrected chi connectivity index (χ2v) is 4.57. The van der Waals surface area contributed by atoms with Crippen LogP contribution in [-0.4, -0.2) is 38.4 Å². The monoisotopic (exact) mass is 266 g/mol. The molecule has 0 aliphatic carbocycles. The molecular formula is C9H10N6O2S. The van der Waals surface area contributed by atoms with E-state index in [0.29, 0.717) is 17.0 Å². The van der Waals surface area contributed by atoms with Crippen LogP contribution in [0.4, 0.5) is 5.95 Å². The third-order valence-corrected chi connectivity index (χ3v) is 2.99. The summed E-state index contributed by atoms with van der Waals surface area (Å²) in [4.78, 5) is 37.0. The van der Waals surface area contributed by atoms with Crippen LogP contribution in [0.1, 0.15) is 6.42 Å². The van der Waals surface area contributed by atoms with Gasteiger partial charge >= 0.3 is 0 Å². The summed E-state index contributed by atoms with van der Waals surface area (Å²) < 4.78 is 0.310. The molecule has 0 spiro atoms. The number of carbonyl (C=O) groups is 1. The predicted molar refractivity (Wildman–Crippen MR) is 66.8 cm³/mol. The number of nitrogens with zero attached hydrogens (tertiary/aromatic N) is 2. The molecule has 1 aliphatic rings. The number of amides is 1. The van der Waals surface area contributed by atoms with Crippen LogP contribution in [-0.2, 0) is 4.79 Å². The summed E-state index contributed by atoms with van der Waals surface area (Å²) in [6, 6.07) is -0.233. The van der Waals surface area contributed by atoms with E-state index >= 15 is 0 Å². The topological polar surface area (TPSA) is 124 Å². The van der Waals surface area contributed by atoms with Gasteiger partial charge < -0.3 is 15.7 Å². The van der Waals surface area contributed by atoms with Crippen LogP contribution < -0.4 is 16.2 Å². The molecule has 0 aromatic carbocycles. The SMILES string of the molecule is NC1CC(=O)N(c2nc3[nH]c(=S)[nH]c3c(=O)[nH]2)C1. The van der Waals surface area contributed by atoms with Crippen LogP contribution in [0.5, 0.6) is 0 Å². The molecule has 9 heteroatoms. The zero-order valence-corrected chi connectivity index (χ0v) is 10.0. The van der Waals surface area contributed by atoms with Crippen molar-refractivity contribution in [2.24, 2.45) is 5.73 Å². The number of nitrogens with one attached hydrogen (secondary N) is 3. The highest BCUT2D eigenvalue weighted by Crippen LogP contribution is 2.16. The molecule has 0 saturated carbocycles. The third-order valence-electron chi connectivity index (χ3n) is 2.79. The summed E-state index contributed by atoms with van der Waals surface area (Å²) in [5.41, 5.74) is 5.91. The fraction of sp³-hybridized carbons (Fsp3) is 0.333. The Labute approximate surface area is 105 Å². The van der Waals surface area contributed by atoms with Gasteiger partial charge in [0.2, 0.25) is 11.9 Å². The van der Waals surface area contributed by atoms with Gasteiger partial charge in [0.1, 0.15) is 5.52 Å². The van der Waals surface area contributed by atoms with Crippen molar-refractivity contribution < 1.29 is 4.79 Å². The molecular weight excluding hydrogens is 256 g/mol. The maximum atomic E-state index is 11.8. The lowest BCUT2D eigenvalue weighted by Gasteiger charge is -2.13. The number of aromatic nitrogens is 4. The first-order valence-electron chi connectivity index (χ1n) is 5.33. The first-order valence-corrected chi connectivity index (χ1v) is 5.73. The number of carbonyl (C=O) groups excluding carboxylic acids is 1. The van der Waals surface area contributed by atoms with Crippen LogP contribution >= 0.6 is 12.2 Å². The molecule has 18 heavy (non-hydrogen) atoms. The van der Waals surface area contributed by atoms with Gasteiger partial charge in [-0.15, -0.1) is 0 Å². The van der Waals surface area contributed by atoms with E-state index in [0.717, 1.165) is 0 Å². The number of anilines is 1. The molecule has 3 heterocycles. The maximum absolute atomic E-state index is 11.8. The average molecular weight is 266 g/mol. The summed E-state index contributed by atoms with van der Waals surface area (Å²) in [5.74, 6) is 0.0369. The molecule has 0 bridgehead atoms. The molecule has 1 saturated heterocycles. The summed E-state index contributed by atoms with van der Waals surface area (Å²) in [6.45, 7) is 0.346. The van der Waals surface area contributed by atoms with Crippen molar-refractivity contribution >= 4 is 35.2 Å². The molecule has 2 aromatic rings. The summed E-state index contributed by atoms with van der Waals surface area (Å²) in [5, 5.41) is 0. The van der Waals surface area contributed by atoms with Crippen LogP contribution in [0.25, 0.3) is 11.2 Å². The summed E-state index contributed by atoms with van der Waals surface area (Å²) in [7, 11) is 0. The predicted octanol–water partition coefficient (Wildman–Crippen LogP) is -0.627. The first-order chi connectivity index (χ1) is 8.54. The maximum Gasteiger partial charge on any atom is 0.278 e. The number of aromatic amines is 3. The van der Waals surface area contributed by atoms with Crippen molar-refractivity contribution in [3.05, 3.63) is 15.1 Å². The highest BCUT2D eigenvalue weighted by molar-refractivity contribution is 7.71. The molecule has 3 rings (SSSR count). The smallest absolute Gasteiger partial charge is 0.278 e. The second-order valence-electron chi connectivity index (χ2n) is 4.16. The Kier molecular flexibility index (Phi) is 2.31. The molecule has 1 aliphatic heterocycles. The number of rotatable bonds is 1. The minimum absolute atomic E-state index is 0.154. The number of nitrogens with two attached hydrogens (primary N) is 1. The Morgan fingerprint density at radius 3 is 2.78 bits per heavy atom. The van der Waals surface area contributed by atoms with Gasteiger partial charge in [-0.1, -0.05) is 0 Å². The van der Waals surface area contributed by atoms with E-state index in [1.54, 1.807) is 0 Å². The van der Waals surface area contributed by atoms with E-state index < -0.39 is 0 Å². The number of imidazole rings is 1. The van der Waals surface area contributed by atoms with Gasteiger partial charge in [0.15, 0.2) is 10.4 Å². The van der Waals surface area contributed by atoms with E-state index in [1.165, 1.54) is 4.90 Å². The standard InChI is InChI=1S/C9H10N6O2S/c10-3-1-4(16)15(2-3)8-12-6-5(7(17)14-8)11-9(18)13-6/h3H,1-2,10H2,(H3,11,12,13,14,17,18). The van der Waals surface area contributed by atoms with Gasteiger partial charge in [-0.3, -0.25) is 19.5 Å².